The van der Waals surface area contributed by atoms with Crippen LogP contribution in [0.3, 0.4) is 0 Å². The fraction of sp³-hybridized carbons (Fsp3) is 0.615. The second-order valence-corrected chi connectivity index (χ2v) is 5.60. The molecular formula is C13H19ClN4O. The van der Waals surface area contributed by atoms with Gasteiger partial charge in [0.2, 0.25) is 0 Å². The summed E-state index contributed by atoms with van der Waals surface area (Å²) in [6, 6.07) is 0. The Morgan fingerprint density at radius 1 is 1.26 bits per heavy atom. The van der Waals surface area contributed by atoms with Crippen LogP contribution in [0.25, 0.3) is 0 Å². The molecule has 0 bridgehead atoms. The minimum absolute atomic E-state index is 0.0617. The molecule has 1 aromatic rings. The maximum atomic E-state index is 12.2. The molecule has 2 heterocycles. The van der Waals surface area contributed by atoms with Crippen molar-refractivity contribution in [1.82, 2.24) is 19.8 Å². The van der Waals surface area contributed by atoms with Gasteiger partial charge in [-0.2, -0.15) is 0 Å². The molecule has 0 N–H and O–H groups in total. The Morgan fingerprint density at radius 2 is 1.95 bits per heavy atom. The zero-order valence-electron chi connectivity index (χ0n) is 11.3. The standard InChI is InChI=1S/C13H19ClN4O/c1-10(2)9-17-3-5-18(6-4-17)13(19)11-7-16-12(14)8-15-11/h7-8,10H,3-6,9H2,1-2H3. The van der Waals surface area contributed by atoms with Crippen LogP contribution in [0.15, 0.2) is 12.4 Å². The van der Waals surface area contributed by atoms with Crippen molar-refractivity contribution in [3.8, 4) is 0 Å². The van der Waals surface area contributed by atoms with Gasteiger partial charge in [0, 0.05) is 32.7 Å². The smallest absolute Gasteiger partial charge is 0.274 e. The van der Waals surface area contributed by atoms with Crippen LogP contribution in [-0.2, 0) is 0 Å². The Bertz CT molecular complexity index is 427. The molecule has 0 aliphatic carbocycles. The number of hydrogen-bond acceptors (Lipinski definition) is 4. The second-order valence-electron chi connectivity index (χ2n) is 5.21. The van der Waals surface area contributed by atoms with Crippen molar-refractivity contribution in [2.24, 2.45) is 5.92 Å². The fourth-order valence-electron chi connectivity index (χ4n) is 2.23. The van der Waals surface area contributed by atoms with Crippen molar-refractivity contribution in [2.75, 3.05) is 32.7 Å². The van der Waals surface area contributed by atoms with E-state index in [4.69, 9.17) is 11.6 Å². The van der Waals surface area contributed by atoms with Crippen LogP contribution in [0.4, 0.5) is 0 Å². The van der Waals surface area contributed by atoms with Crippen LogP contribution >= 0.6 is 11.6 Å². The van der Waals surface area contributed by atoms with Gasteiger partial charge in [-0.3, -0.25) is 9.69 Å². The van der Waals surface area contributed by atoms with E-state index in [-0.39, 0.29) is 5.91 Å². The number of amides is 1. The number of nitrogens with zero attached hydrogens (tertiary/aromatic N) is 4. The molecule has 19 heavy (non-hydrogen) atoms. The average Bonchev–Trinajstić information content (AvgIpc) is 2.39. The van der Waals surface area contributed by atoms with Crippen molar-refractivity contribution < 1.29 is 4.79 Å². The third kappa shape index (κ3) is 3.88. The molecule has 0 atom stereocenters. The Morgan fingerprint density at radius 3 is 2.47 bits per heavy atom. The summed E-state index contributed by atoms with van der Waals surface area (Å²) >= 11 is 5.66. The van der Waals surface area contributed by atoms with E-state index in [0.717, 1.165) is 32.7 Å². The van der Waals surface area contributed by atoms with E-state index in [1.807, 2.05) is 4.90 Å². The average molecular weight is 283 g/mol. The second kappa shape index (κ2) is 6.30. The van der Waals surface area contributed by atoms with E-state index in [1.54, 1.807) is 0 Å². The molecule has 0 radical (unpaired) electrons. The highest BCUT2D eigenvalue weighted by atomic mass is 35.5. The maximum Gasteiger partial charge on any atom is 0.274 e. The number of carbonyl (C=O) groups is 1. The lowest BCUT2D eigenvalue weighted by molar-refractivity contribution is 0.0617. The van der Waals surface area contributed by atoms with Crippen LogP contribution in [-0.4, -0.2) is 58.4 Å². The first-order valence-corrected chi connectivity index (χ1v) is 6.93. The van der Waals surface area contributed by atoms with Gasteiger partial charge in [0.1, 0.15) is 10.8 Å². The van der Waals surface area contributed by atoms with Crippen molar-refractivity contribution in [1.29, 1.82) is 0 Å². The lowest BCUT2D eigenvalue weighted by atomic mass is 10.2. The number of rotatable bonds is 3. The molecule has 5 nitrogen and oxygen atoms in total. The topological polar surface area (TPSA) is 49.3 Å². The summed E-state index contributed by atoms with van der Waals surface area (Å²) in [5.41, 5.74) is 0.363. The van der Waals surface area contributed by atoms with Crippen molar-refractivity contribution in [3.05, 3.63) is 23.2 Å². The first kappa shape index (κ1) is 14.2. The zero-order chi connectivity index (χ0) is 13.8. The largest absolute Gasteiger partial charge is 0.335 e. The molecule has 2 rings (SSSR count). The minimum atomic E-state index is -0.0617. The number of carbonyl (C=O) groups excluding carboxylic acids is 1. The molecule has 6 heteroatoms. The van der Waals surface area contributed by atoms with E-state index in [2.05, 4.69) is 28.7 Å². The van der Waals surface area contributed by atoms with Gasteiger partial charge in [0.05, 0.1) is 12.4 Å². The van der Waals surface area contributed by atoms with Crippen molar-refractivity contribution in [3.63, 3.8) is 0 Å². The SMILES string of the molecule is CC(C)CN1CCN(C(=O)c2cnc(Cl)cn2)CC1. The van der Waals surface area contributed by atoms with Gasteiger partial charge in [-0.25, -0.2) is 9.97 Å². The summed E-state index contributed by atoms with van der Waals surface area (Å²) in [7, 11) is 0. The first-order valence-electron chi connectivity index (χ1n) is 6.55. The molecule has 0 spiro atoms. The van der Waals surface area contributed by atoms with Crippen molar-refractivity contribution >= 4 is 17.5 Å². The van der Waals surface area contributed by atoms with Gasteiger partial charge < -0.3 is 4.90 Å². The van der Waals surface area contributed by atoms with E-state index in [1.165, 1.54) is 12.4 Å². The van der Waals surface area contributed by atoms with Crippen LogP contribution in [0.1, 0.15) is 24.3 Å². The molecule has 0 unspecified atom stereocenters. The van der Waals surface area contributed by atoms with E-state index < -0.39 is 0 Å². The number of halogens is 1. The summed E-state index contributed by atoms with van der Waals surface area (Å²) in [5.74, 6) is 0.595. The summed E-state index contributed by atoms with van der Waals surface area (Å²) in [5, 5.41) is 0.304. The lowest BCUT2D eigenvalue weighted by Gasteiger charge is -2.35. The third-order valence-corrected chi connectivity index (χ3v) is 3.32. The zero-order valence-corrected chi connectivity index (χ0v) is 12.1. The molecule has 1 aliphatic heterocycles. The Balaban J connectivity index is 1.90. The van der Waals surface area contributed by atoms with E-state index >= 15 is 0 Å². The van der Waals surface area contributed by atoms with Gasteiger partial charge in [0.15, 0.2) is 0 Å². The molecule has 1 aliphatic rings. The van der Waals surface area contributed by atoms with Gasteiger partial charge >= 0.3 is 0 Å². The van der Waals surface area contributed by atoms with E-state index in [9.17, 15) is 4.79 Å². The number of hydrogen-bond donors (Lipinski definition) is 0. The number of aromatic nitrogens is 2. The van der Waals surface area contributed by atoms with Crippen LogP contribution in [0.2, 0.25) is 5.15 Å². The van der Waals surface area contributed by atoms with Crippen LogP contribution in [0, 0.1) is 5.92 Å². The molecule has 1 fully saturated rings. The molecule has 0 saturated carbocycles. The predicted molar refractivity (Wildman–Crippen MR) is 74.2 cm³/mol. The Hall–Kier alpha value is -1.20. The number of piperazine rings is 1. The minimum Gasteiger partial charge on any atom is -0.335 e. The molecule has 104 valence electrons. The van der Waals surface area contributed by atoms with Gasteiger partial charge in [-0.15, -0.1) is 0 Å². The highest BCUT2D eigenvalue weighted by molar-refractivity contribution is 6.29. The van der Waals surface area contributed by atoms with Gasteiger partial charge in [-0.1, -0.05) is 25.4 Å². The first-order chi connectivity index (χ1) is 9.06. The summed E-state index contributed by atoms with van der Waals surface area (Å²) in [6.45, 7) is 8.84. The quantitative estimate of drug-likeness (QED) is 0.844. The fourth-order valence-corrected chi connectivity index (χ4v) is 2.33. The summed E-state index contributed by atoms with van der Waals surface area (Å²) in [6.07, 6.45) is 2.84. The summed E-state index contributed by atoms with van der Waals surface area (Å²) in [4.78, 5) is 24.3. The third-order valence-electron chi connectivity index (χ3n) is 3.12. The highest BCUT2D eigenvalue weighted by Crippen LogP contribution is 2.09. The van der Waals surface area contributed by atoms with E-state index in [0.29, 0.717) is 16.8 Å². The molecule has 0 aromatic carbocycles. The summed E-state index contributed by atoms with van der Waals surface area (Å²) < 4.78 is 0. The predicted octanol–water partition coefficient (Wildman–Crippen LogP) is 1.54. The Labute approximate surface area is 118 Å². The van der Waals surface area contributed by atoms with Gasteiger partial charge in [-0.05, 0) is 5.92 Å². The van der Waals surface area contributed by atoms with Gasteiger partial charge in [0.25, 0.3) is 5.91 Å². The molecule has 1 saturated heterocycles. The molecular weight excluding hydrogens is 264 g/mol. The van der Waals surface area contributed by atoms with Crippen LogP contribution in [0.5, 0.6) is 0 Å². The molecule has 1 aromatic heterocycles. The molecule has 1 amide bonds. The lowest BCUT2D eigenvalue weighted by Crippen LogP contribution is -2.49. The van der Waals surface area contributed by atoms with Crippen molar-refractivity contribution in [2.45, 2.75) is 13.8 Å². The van der Waals surface area contributed by atoms with Crippen LogP contribution < -0.4 is 0 Å². The maximum absolute atomic E-state index is 12.2. The Kier molecular flexibility index (Phi) is 4.71. The normalized spacial score (nSPS) is 16.9. The highest BCUT2D eigenvalue weighted by Gasteiger charge is 2.23. The monoisotopic (exact) mass is 282 g/mol.